The third-order valence-corrected chi connectivity index (χ3v) is 7.48. The first-order valence-electron chi connectivity index (χ1n) is 10.2. The third-order valence-electron chi connectivity index (χ3n) is 5.59. The molecule has 0 saturated heterocycles. The zero-order chi connectivity index (χ0) is 23.4. The summed E-state index contributed by atoms with van der Waals surface area (Å²) in [6.45, 7) is 0.289. The van der Waals surface area contributed by atoms with Crippen molar-refractivity contribution in [2.75, 3.05) is 4.90 Å². The first-order chi connectivity index (χ1) is 16.5. The van der Waals surface area contributed by atoms with Crippen molar-refractivity contribution in [2.24, 2.45) is 0 Å². The molecule has 0 atom stereocenters. The van der Waals surface area contributed by atoms with Gasteiger partial charge in [-0.1, -0.05) is 57.1 Å². The number of hydrogen-bond donors (Lipinski definition) is 0. The maximum absolute atomic E-state index is 13.7. The minimum Gasteiger partial charge on any atom is -0.303 e. The highest BCUT2D eigenvalue weighted by molar-refractivity contribution is 9.10. The summed E-state index contributed by atoms with van der Waals surface area (Å²) < 4.78 is 2.37. The van der Waals surface area contributed by atoms with E-state index < -0.39 is 0 Å². The molecule has 6 rings (SSSR count). The Balaban J connectivity index is 1.53. The summed E-state index contributed by atoms with van der Waals surface area (Å²) in [4.78, 5) is 37.6. The van der Waals surface area contributed by atoms with Crippen LogP contribution in [0.15, 0.2) is 76.3 Å². The topological polar surface area (TPSA) is 80.5 Å². The van der Waals surface area contributed by atoms with Crippen molar-refractivity contribution in [1.82, 2.24) is 19.6 Å². The van der Waals surface area contributed by atoms with E-state index in [1.807, 2.05) is 36.4 Å². The Kier molecular flexibility index (Phi) is 5.05. The second kappa shape index (κ2) is 8.12. The van der Waals surface area contributed by atoms with Gasteiger partial charge in [-0.3, -0.25) is 14.6 Å². The van der Waals surface area contributed by atoms with Crippen molar-refractivity contribution in [3.8, 4) is 11.4 Å². The summed E-state index contributed by atoms with van der Waals surface area (Å²) in [6, 6.07) is 16.5. The van der Waals surface area contributed by atoms with Crippen LogP contribution in [0.2, 0.25) is 5.02 Å². The monoisotopic (exact) mass is 549 g/mol. The Hall–Kier alpha value is -3.40. The van der Waals surface area contributed by atoms with E-state index in [1.54, 1.807) is 35.5 Å². The van der Waals surface area contributed by atoms with Crippen LogP contribution >= 0.6 is 38.9 Å². The Morgan fingerprint density at radius 2 is 1.82 bits per heavy atom. The molecule has 1 amide bonds. The number of rotatable bonds is 3. The van der Waals surface area contributed by atoms with E-state index in [1.165, 1.54) is 4.52 Å². The van der Waals surface area contributed by atoms with Gasteiger partial charge >= 0.3 is 0 Å². The zero-order valence-corrected chi connectivity index (χ0v) is 20.4. The van der Waals surface area contributed by atoms with Crippen LogP contribution in [0.3, 0.4) is 0 Å². The van der Waals surface area contributed by atoms with E-state index >= 15 is 0 Å². The molecule has 166 valence electrons. The minimum atomic E-state index is -0.373. The van der Waals surface area contributed by atoms with Gasteiger partial charge in [-0.15, -0.1) is 5.10 Å². The van der Waals surface area contributed by atoms with Crippen molar-refractivity contribution in [1.29, 1.82) is 0 Å². The average Bonchev–Trinajstić information content (AvgIpc) is 3.47. The lowest BCUT2D eigenvalue weighted by Gasteiger charge is -2.18. The number of carbonyl (C=O) groups excluding carboxylic acids is 1. The molecular formula is C24H13BrClN5O2S. The van der Waals surface area contributed by atoms with Gasteiger partial charge in [-0.25, -0.2) is 0 Å². The van der Waals surface area contributed by atoms with Crippen LogP contribution in [0.1, 0.15) is 11.1 Å². The fraction of sp³-hybridized carbons (Fsp3) is 0.0417. The van der Waals surface area contributed by atoms with Gasteiger partial charge in [0.2, 0.25) is 4.96 Å². The molecule has 0 spiro atoms. The molecule has 1 aliphatic heterocycles. The lowest BCUT2D eigenvalue weighted by Crippen LogP contribution is -2.32. The first-order valence-corrected chi connectivity index (χ1v) is 12.2. The standard InChI is InChI=1S/C24H13BrClN5O2S/c25-15-5-6-18-16(11-15)19(22(32)30(18)12-14-3-1-2-4-17(14)26)20-23(33)31-24(34-20)28-21(29-31)13-7-9-27-10-8-13/h1-11H,12H2/b20-19-. The normalized spacial score (nSPS) is 14.8. The molecule has 3 aromatic heterocycles. The van der Waals surface area contributed by atoms with E-state index in [0.717, 1.165) is 32.6 Å². The van der Waals surface area contributed by atoms with E-state index in [0.29, 0.717) is 31.5 Å². The molecule has 0 N–H and O–H groups in total. The highest BCUT2D eigenvalue weighted by Gasteiger charge is 2.35. The number of thiazole rings is 1. The molecule has 2 aromatic carbocycles. The number of halogens is 2. The molecule has 7 nitrogen and oxygen atoms in total. The van der Waals surface area contributed by atoms with Gasteiger partial charge in [0.15, 0.2) is 5.82 Å². The molecule has 0 bridgehead atoms. The van der Waals surface area contributed by atoms with Gasteiger partial charge in [-0.2, -0.15) is 9.50 Å². The van der Waals surface area contributed by atoms with Crippen molar-refractivity contribution in [3.05, 3.63) is 102 Å². The smallest absolute Gasteiger partial charge is 0.291 e. The highest BCUT2D eigenvalue weighted by Crippen LogP contribution is 2.38. The molecule has 34 heavy (non-hydrogen) atoms. The number of anilines is 1. The minimum absolute atomic E-state index is 0.260. The molecule has 1 aliphatic rings. The van der Waals surface area contributed by atoms with Crippen molar-refractivity contribution in [2.45, 2.75) is 6.54 Å². The number of benzene rings is 2. The molecule has 4 heterocycles. The van der Waals surface area contributed by atoms with E-state index in [9.17, 15) is 9.59 Å². The van der Waals surface area contributed by atoms with Crippen LogP contribution in [-0.2, 0) is 11.3 Å². The average molecular weight is 551 g/mol. The number of fused-ring (bicyclic) bond motifs is 2. The van der Waals surface area contributed by atoms with Gasteiger partial charge in [0.25, 0.3) is 11.5 Å². The Bertz CT molecular complexity index is 1720. The van der Waals surface area contributed by atoms with Crippen LogP contribution in [-0.4, -0.2) is 25.5 Å². The van der Waals surface area contributed by atoms with Crippen LogP contribution < -0.4 is 15.0 Å². The predicted molar refractivity (Wildman–Crippen MR) is 135 cm³/mol. The summed E-state index contributed by atoms with van der Waals surface area (Å²) in [5.74, 6) is 0.174. The molecule has 5 aromatic rings. The van der Waals surface area contributed by atoms with Crippen LogP contribution in [0, 0.1) is 0 Å². The van der Waals surface area contributed by atoms with Crippen LogP contribution in [0.25, 0.3) is 21.9 Å². The third kappa shape index (κ3) is 3.35. The number of hydrogen-bond acceptors (Lipinski definition) is 6. The van der Waals surface area contributed by atoms with Gasteiger partial charge < -0.3 is 4.90 Å². The highest BCUT2D eigenvalue weighted by atomic mass is 79.9. The van der Waals surface area contributed by atoms with Gasteiger partial charge in [0.1, 0.15) is 4.53 Å². The van der Waals surface area contributed by atoms with E-state index in [-0.39, 0.29) is 18.0 Å². The van der Waals surface area contributed by atoms with Gasteiger partial charge in [0.05, 0.1) is 17.8 Å². The SMILES string of the molecule is O=C1/C(=c2\sc3nc(-c4ccncc4)nn3c2=O)c2cc(Br)ccc2N1Cc1ccccc1Cl. The fourth-order valence-corrected chi connectivity index (χ4v) is 5.54. The molecular weight excluding hydrogens is 538 g/mol. The van der Waals surface area contributed by atoms with E-state index in [2.05, 4.69) is 31.0 Å². The summed E-state index contributed by atoms with van der Waals surface area (Å²) >= 11 is 11.0. The maximum atomic E-state index is 13.7. The Morgan fingerprint density at radius 3 is 2.59 bits per heavy atom. The molecule has 0 unspecified atom stereocenters. The van der Waals surface area contributed by atoms with Crippen molar-refractivity contribution >= 4 is 61.0 Å². The molecule has 0 fully saturated rings. The predicted octanol–water partition coefficient (Wildman–Crippen LogP) is 4.09. The van der Waals surface area contributed by atoms with Crippen LogP contribution in [0.4, 0.5) is 5.69 Å². The van der Waals surface area contributed by atoms with Gasteiger partial charge in [-0.05, 0) is 42.0 Å². The molecule has 0 saturated carbocycles. The van der Waals surface area contributed by atoms with Crippen molar-refractivity contribution in [3.63, 3.8) is 0 Å². The lowest BCUT2D eigenvalue weighted by atomic mass is 10.1. The summed E-state index contributed by atoms with van der Waals surface area (Å²) in [7, 11) is 0. The Morgan fingerprint density at radius 1 is 1.03 bits per heavy atom. The fourth-order valence-electron chi connectivity index (χ4n) is 3.99. The van der Waals surface area contributed by atoms with Crippen molar-refractivity contribution < 1.29 is 4.79 Å². The maximum Gasteiger partial charge on any atom is 0.291 e. The largest absolute Gasteiger partial charge is 0.303 e. The van der Waals surface area contributed by atoms with E-state index in [4.69, 9.17) is 11.6 Å². The summed E-state index contributed by atoms with van der Waals surface area (Å²) in [6.07, 6.45) is 3.28. The quantitative estimate of drug-likeness (QED) is 0.338. The lowest BCUT2D eigenvalue weighted by molar-refractivity contribution is -0.113. The van der Waals surface area contributed by atoms with Gasteiger partial charge in [0, 0.05) is 33.0 Å². The molecule has 10 heteroatoms. The number of nitrogens with zero attached hydrogens (tertiary/aromatic N) is 5. The number of aromatic nitrogens is 4. The summed E-state index contributed by atoms with van der Waals surface area (Å²) in [5.41, 5.74) is 2.95. The number of pyridine rings is 1. The van der Waals surface area contributed by atoms with Crippen LogP contribution in [0.5, 0.6) is 0 Å². The number of amides is 1. The molecule has 0 radical (unpaired) electrons. The molecule has 0 aliphatic carbocycles. The first kappa shape index (κ1) is 21.2. The second-order valence-electron chi connectivity index (χ2n) is 7.62. The number of carbonyl (C=O) groups is 1. The second-order valence-corrected chi connectivity index (χ2v) is 9.92. The zero-order valence-electron chi connectivity index (χ0n) is 17.3. The Labute approximate surface area is 210 Å². The summed E-state index contributed by atoms with van der Waals surface area (Å²) in [5, 5.41) is 4.96.